The monoisotopic (exact) mass is 463 g/mol. The highest BCUT2D eigenvalue weighted by atomic mass is 31.2. The van der Waals surface area contributed by atoms with E-state index in [9.17, 15) is 4.57 Å². The molecule has 0 saturated carbocycles. The molecule has 0 radical (unpaired) electrons. The number of benzene rings is 4. The van der Waals surface area contributed by atoms with Crippen molar-refractivity contribution in [3.8, 4) is 0 Å². The van der Waals surface area contributed by atoms with Crippen LogP contribution in [0.5, 0.6) is 0 Å². The topological polar surface area (TPSA) is 68.0 Å². The van der Waals surface area contributed by atoms with Crippen LogP contribution in [0.3, 0.4) is 0 Å². The number of aromatic nitrogens is 1. The Kier molecular flexibility index (Phi) is 6.37. The lowest BCUT2D eigenvalue weighted by atomic mass is 9.97. The van der Waals surface area contributed by atoms with E-state index in [2.05, 4.69) is 5.09 Å². The molecule has 5 aromatic rings. The number of rotatable bonds is 7. The van der Waals surface area contributed by atoms with E-state index in [1.807, 2.05) is 127 Å². The summed E-state index contributed by atoms with van der Waals surface area (Å²) >= 11 is 0. The molecular formula is C29H26N3OP. The Morgan fingerprint density at radius 2 is 1.18 bits per heavy atom. The second-order valence-corrected chi connectivity index (χ2v) is 10.8. The number of nitrogens with two attached hydrogens (primary N) is 1. The van der Waals surface area contributed by atoms with Gasteiger partial charge in [-0.15, -0.1) is 0 Å². The highest BCUT2D eigenvalue weighted by Gasteiger charge is 2.34. The molecule has 0 fully saturated rings. The number of fused-ring (bicyclic) bond motifs is 1. The van der Waals surface area contributed by atoms with E-state index in [0.29, 0.717) is 0 Å². The van der Waals surface area contributed by atoms with Gasteiger partial charge < -0.3 is 5.73 Å². The Morgan fingerprint density at radius 1 is 0.647 bits per heavy atom. The lowest BCUT2D eigenvalue weighted by Gasteiger charge is -2.31. The molecule has 0 aliphatic heterocycles. The molecular weight excluding hydrogens is 437 g/mol. The fourth-order valence-electron chi connectivity index (χ4n) is 4.23. The number of nitrogens with one attached hydrogen (secondary N) is 1. The summed E-state index contributed by atoms with van der Waals surface area (Å²) in [5, 5.41) is 6.05. The van der Waals surface area contributed by atoms with Gasteiger partial charge in [-0.1, -0.05) is 91.0 Å². The molecule has 34 heavy (non-hydrogen) atoms. The smallest absolute Gasteiger partial charge is 0.205 e. The van der Waals surface area contributed by atoms with Gasteiger partial charge in [0, 0.05) is 16.0 Å². The second kappa shape index (κ2) is 9.74. The molecule has 0 aliphatic rings. The van der Waals surface area contributed by atoms with Gasteiger partial charge in [0.05, 0.1) is 23.3 Å². The normalized spacial score (nSPS) is 13.4. The minimum Gasteiger partial charge on any atom is -0.321 e. The lowest BCUT2D eigenvalue weighted by molar-refractivity contribution is 0.504. The summed E-state index contributed by atoms with van der Waals surface area (Å²) in [5.74, 6) is 0. The second-order valence-electron chi connectivity index (χ2n) is 8.25. The Bertz CT molecular complexity index is 1380. The third-order valence-electron chi connectivity index (χ3n) is 6.04. The molecule has 0 spiro atoms. The van der Waals surface area contributed by atoms with Crippen molar-refractivity contribution in [3.63, 3.8) is 0 Å². The van der Waals surface area contributed by atoms with Crippen LogP contribution in [0, 0.1) is 0 Å². The summed E-state index contributed by atoms with van der Waals surface area (Å²) < 4.78 is 14.8. The summed E-state index contributed by atoms with van der Waals surface area (Å²) in [7, 11) is -3.23. The van der Waals surface area contributed by atoms with E-state index in [0.717, 1.165) is 32.8 Å². The number of pyridine rings is 1. The Morgan fingerprint density at radius 3 is 1.79 bits per heavy atom. The lowest BCUT2D eigenvalue weighted by Crippen LogP contribution is -2.36. The number of hydrogen-bond acceptors (Lipinski definition) is 3. The fourth-order valence-corrected chi connectivity index (χ4v) is 6.71. The van der Waals surface area contributed by atoms with Crippen molar-refractivity contribution in [3.05, 3.63) is 139 Å². The van der Waals surface area contributed by atoms with Crippen molar-refractivity contribution >= 4 is 28.8 Å². The van der Waals surface area contributed by atoms with Gasteiger partial charge in [-0.3, -0.25) is 14.6 Å². The minimum atomic E-state index is -3.23. The van der Waals surface area contributed by atoms with Crippen LogP contribution in [0.4, 0.5) is 0 Å². The zero-order valence-corrected chi connectivity index (χ0v) is 19.6. The van der Waals surface area contributed by atoms with Gasteiger partial charge in [-0.2, -0.15) is 0 Å². The molecule has 5 heteroatoms. The maximum absolute atomic E-state index is 14.8. The van der Waals surface area contributed by atoms with Gasteiger partial charge in [0.1, 0.15) is 0 Å². The van der Waals surface area contributed by atoms with Gasteiger partial charge in [-0.25, -0.2) is 0 Å². The van der Waals surface area contributed by atoms with E-state index < -0.39 is 19.4 Å². The minimum absolute atomic E-state index is 0.430. The summed E-state index contributed by atoms with van der Waals surface area (Å²) in [5.41, 5.74) is 9.46. The van der Waals surface area contributed by atoms with E-state index in [1.165, 1.54) is 0 Å². The van der Waals surface area contributed by atoms with Gasteiger partial charge >= 0.3 is 0 Å². The largest absolute Gasteiger partial charge is 0.321 e. The highest BCUT2D eigenvalue weighted by molar-refractivity contribution is 7.76. The molecule has 0 saturated heterocycles. The fraction of sp³-hybridized carbons (Fsp3) is 0.0690. The van der Waals surface area contributed by atoms with E-state index >= 15 is 0 Å². The average molecular weight is 464 g/mol. The van der Waals surface area contributed by atoms with Crippen molar-refractivity contribution in [1.29, 1.82) is 0 Å². The molecule has 2 unspecified atom stereocenters. The summed E-state index contributed by atoms with van der Waals surface area (Å²) in [6.07, 6.45) is 0. The zero-order valence-electron chi connectivity index (χ0n) is 18.7. The standard InChI is InChI=1S/C29H26N3OP/c30-28(27-21-20-22-12-10-11-19-26(22)31-27)29(23-13-4-1-5-14-23)32-34(33,24-15-6-2-7-16-24)25-17-8-3-9-18-25/h1-21,28-29H,30H2,(H,32,33). The molecule has 1 aromatic heterocycles. The average Bonchev–Trinajstić information content (AvgIpc) is 2.92. The van der Waals surface area contributed by atoms with E-state index in [1.54, 1.807) is 0 Å². The Labute approximate surface area is 199 Å². The molecule has 3 N–H and O–H groups in total. The maximum atomic E-state index is 14.8. The van der Waals surface area contributed by atoms with Crippen LogP contribution in [0.15, 0.2) is 127 Å². The molecule has 4 nitrogen and oxygen atoms in total. The van der Waals surface area contributed by atoms with Gasteiger partial charge in [0.25, 0.3) is 0 Å². The molecule has 0 amide bonds. The van der Waals surface area contributed by atoms with Gasteiger partial charge in [0.2, 0.25) is 7.29 Å². The van der Waals surface area contributed by atoms with Crippen LogP contribution in [0.25, 0.3) is 10.9 Å². The molecule has 1 heterocycles. The first-order valence-electron chi connectivity index (χ1n) is 11.3. The van der Waals surface area contributed by atoms with E-state index in [-0.39, 0.29) is 0 Å². The highest BCUT2D eigenvalue weighted by Crippen LogP contribution is 2.44. The first-order valence-corrected chi connectivity index (χ1v) is 13.0. The molecule has 0 bridgehead atoms. The molecule has 2 atom stereocenters. The Hall–Kier alpha value is -3.56. The molecule has 5 rings (SSSR count). The predicted octanol–water partition coefficient (Wildman–Crippen LogP) is 5.49. The molecule has 4 aromatic carbocycles. The van der Waals surface area contributed by atoms with Crippen LogP contribution in [0.1, 0.15) is 23.3 Å². The van der Waals surface area contributed by atoms with Crippen molar-refractivity contribution < 1.29 is 4.57 Å². The number of hydrogen-bond donors (Lipinski definition) is 2. The van der Waals surface area contributed by atoms with Crippen molar-refractivity contribution in [2.45, 2.75) is 12.1 Å². The van der Waals surface area contributed by atoms with Crippen molar-refractivity contribution in [2.24, 2.45) is 5.73 Å². The third kappa shape index (κ3) is 4.44. The maximum Gasteiger partial charge on any atom is 0.205 e. The predicted molar refractivity (Wildman–Crippen MR) is 141 cm³/mol. The van der Waals surface area contributed by atoms with Gasteiger partial charge in [0.15, 0.2) is 0 Å². The van der Waals surface area contributed by atoms with Gasteiger partial charge in [-0.05, 0) is 42.0 Å². The summed E-state index contributed by atoms with van der Waals surface area (Å²) in [6.45, 7) is 0. The number of nitrogens with zero attached hydrogens (tertiary/aromatic N) is 1. The van der Waals surface area contributed by atoms with Crippen LogP contribution in [0.2, 0.25) is 0 Å². The summed E-state index contributed by atoms with van der Waals surface area (Å²) in [4.78, 5) is 4.84. The van der Waals surface area contributed by atoms with E-state index in [4.69, 9.17) is 10.7 Å². The van der Waals surface area contributed by atoms with Crippen LogP contribution in [-0.2, 0) is 4.57 Å². The molecule has 0 aliphatic carbocycles. The first kappa shape index (κ1) is 22.2. The third-order valence-corrected chi connectivity index (χ3v) is 8.73. The van der Waals surface area contributed by atoms with Crippen molar-refractivity contribution in [1.82, 2.24) is 10.1 Å². The first-order chi connectivity index (χ1) is 16.6. The van der Waals surface area contributed by atoms with Crippen molar-refractivity contribution in [2.75, 3.05) is 0 Å². The molecule has 168 valence electrons. The summed E-state index contributed by atoms with van der Waals surface area (Å²) in [6, 6.07) is 40.1. The van der Waals surface area contributed by atoms with Crippen LogP contribution in [-0.4, -0.2) is 4.98 Å². The number of para-hydroxylation sites is 1. The zero-order chi connectivity index (χ0) is 23.4. The quantitative estimate of drug-likeness (QED) is 0.313. The van der Waals surface area contributed by atoms with Crippen LogP contribution >= 0.6 is 7.29 Å². The SMILES string of the molecule is NC(c1ccc2ccccc2n1)C(NP(=O)(c1ccccc1)c1ccccc1)c1ccccc1. The van der Waals surface area contributed by atoms with Crippen LogP contribution < -0.4 is 21.4 Å². The Balaban J connectivity index is 1.62.